The van der Waals surface area contributed by atoms with E-state index >= 15 is 0 Å². The Morgan fingerprint density at radius 3 is 2.61 bits per heavy atom. The summed E-state index contributed by atoms with van der Waals surface area (Å²) in [6.07, 6.45) is 0.164. The zero-order chi connectivity index (χ0) is 13.5. The number of benzene rings is 1. The minimum atomic E-state index is -0.761. The molecule has 0 heterocycles. The van der Waals surface area contributed by atoms with E-state index in [9.17, 15) is 4.79 Å². The molecule has 1 aromatic carbocycles. The molecule has 18 heavy (non-hydrogen) atoms. The molecule has 1 rings (SSSR count). The molecule has 0 aliphatic carbocycles. The number of carbonyl (C=O) groups is 1. The zero-order valence-electron chi connectivity index (χ0n) is 10.9. The quantitative estimate of drug-likeness (QED) is 0.826. The van der Waals surface area contributed by atoms with Crippen LogP contribution in [0.1, 0.15) is 25.8 Å². The monoisotopic (exact) mass is 269 g/mol. The molecule has 1 aromatic rings. The molecule has 0 aliphatic heterocycles. The second-order valence-corrected chi connectivity index (χ2v) is 5.27. The van der Waals surface area contributed by atoms with Gasteiger partial charge >= 0.3 is 5.97 Å². The summed E-state index contributed by atoms with van der Waals surface area (Å²) < 4.78 is 0. The van der Waals surface area contributed by atoms with E-state index in [1.807, 2.05) is 24.3 Å². The van der Waals surface area contributed by atoms with Crippen LogP contribution in [0, 0.1) is 5.92 Å². The van der Waals surface area contributed by atoms with Crippen molar-refractivity contribution in [1.29, 1.82) is 0 Å². The minimum Gasteiger partial charge on any atom is -0.481 e. The Morgan fingerprint density at radius 2 is 2.06 bits per heavy atom. The predicted molar refractivity (Wildman–Crippen MR) is 73.8 cm³/mol. The van der Waals surface area contributed by atoms with Gasteiger partial charge in [-0.3, -0.25) is 9.69 Å². The van der Waals surface area contributed by atoms with Crippen molar-refractivity contribution in [3.63, 3.8) is 0 Å². The Labute approximate surface area is 113 Å². The molecule has 3 nitrogen and oxygen atoms in total. The molecule has 0 amide bonds. The fraction of sp³-hybridized carbons (Fsp3) is 0.500. The van der Waals surface area contributed by atoms with Crippen LogP contribution in [0.25, 0.3) is 0 Å². The largest absolute Gasteiger partial charge is 0.481 e. The SMILES string of the molecule is CC(C)CN(CCC(=O)O)Cc1ccccc1Cl. The summed E-state index contributed by atoms with van der Waals surface area (Å²) in [5.41, 5.74) is 1.05. The first-order chi connectivity index (χ1) is 8.49. The Balaban J connectivity index is 2.65. The molecule has 0 fully saturated rings. The van der Waals surface area contributed by atoms with Crippen molar-refractivity contribution < 1.29 is 9.90 Å². The number of nitrogens with zero attached hydrogens (tertiary/aromatic N) is 1. The Kier molecular flexibility index (Phi) is 6.16. The lowest BCUT2D eigenvalue weighted by molar-refractivity contribution is -0.137. The lowest BCUT2D eigenvalue weighted by Gasteiger charge is -2.24. The number of halogens is 1. The third-order valence-corrected chi connectivity index (χ3v) is 2.99. The molecule has 0 aliphatic rings. The van der Waals surface area contributed by atoms with Crippen LogP contribution in [0.5, 0.6) is 0 Å². The average molecular weight is 270 g/mol. The predicted octanol–water partition coefficient (Wildman–Crippen LogP) is 3.27. The van der Waals surface area contributed by atoms with Gasteiger partial charge in [-0.2, -0.15) is 0 Å². The highest BCUT2D eigenvalue weighted by Gasteiger charge is 2.11. The number of aliphatic carboxylic acids is 1. The molecular weight excluding hydrogens is 250 g/mol. The lowest BCUT2D eigenvalue weighted by atomic mass is 10.1. The molecule has 0 spiro atoms. The van der Waals surface area contributed by atoms with Gasteiger partial charge in [-0.05, 0) is 17.5 Å². The summed E-state index contributed by atoms with van der Waals surface area (Å²) >= 11 is 6.12. The van der Waals surface area contributed by atoms with E-state index in [1.54, 1.807) is 0 Å². The van der Waals surface area contributed by atoms with Crippen LogP contribution in [-0.4, -0.2) is 29.1 Å². The molecule has 0 unspecified atom stereocenters. The van der Waals surface area contributed by atoms with E-state index in [-0.39, 0.29) is 6.42 Å². The van der Waals surface area contributed by atoms with Crippen molar-refractivity contribution in [3.8, 4) is 0 Å². The first kappa shape index (κ1) is 15.0. The molecule has 0 saturated heterocycles. The standard InChI is InChI=1S/C14H20ClNO2/c1-11(2)9-16(8-7-14(17)18)10-12-5-3-4-6-13(12)15/h3-6,11H,7-10H2,1-2H3,(H,17,18). The summed E-state index contributed by atoms with van der Waals surface area (Å²) in [7, 11) is 0. The zero-order valence-corrected chi connectivity index (χ0v) is 11.7. The van der Waals surface area contributed by atoms with Gasteiger partial charge in [0.05, 0.1) is 6.42 Å². The summed E-state index contributed by atoms with van der Waals surface area (Å²) in [4.78, 5) is 12.8. The number of hydrogen-bond acceptors (Lipinski definition) is 2. The molecule has 1 N–H and O–H groups in total. The fourth-order valence-electron chi connectivity index (χ4n) is 1.87. The third kappa shape index (κ3) is 5.52. The number of carboxylic acid groups (broad SMARTS) is 1. The van der Waals surface area contributed by atoms with Crippen molar-refractivity contribution in [2.75, 3.05) is 13.1 Å². The molecule has 0 saturated carbocycles. The highest BCUT2D eigenvalue weighted by Crippen LogP contribution is 2.17. The Hall–Kier alpha value is -1.06. The van der Waals surface area contributed by atoms with Crippen molar-refractivity contribution in [2.24, 2.45) is 5.92 Å². The van der Waals surface area contributed by atoms with Gasteiger partial charge in [0, 0.05) is 24.7 Å². The molecule has 4 heteroatoms. The van der Waals surface area contributed by atoms with Crippen LogP contribution in [-0.2, 0) is 11.3 Å². The molecule has 0 atom stereocenters. The first-order valence-electron chi connectivity index (χ1n) is 6.16. The van der Waals surface area contributed by atoms with Crippen LogP contribution in [0.15, 0.2) is 24.3 Å². The lowest BCUT2D eigenvalue weighted by Crippen LogP contribution is -2.29. The van der Waals surface area contributed by atoms with E-state index in [1.165, 1.54) is 0 Å². The van der Waals surface area contributed by atoms with Gasteiger partial charge in [0.25, 0.3) is 0 Å². The third-order valence-electron chi connectivity index (χ3n) is 2.62. The topological polar surface area (TPSA) is 40.5 Å². The molecule has 0 aromatic heterocycles. The smallest absolute Gasteiger partial charge is 0.304 e. The number of hydrogen-bond donors (Lipinski definition) is 1. The molecular formula is C14H20ClNO2. The molecule has 100 valence electrons. The highest BCUT2D eigenvalue weighted by molar-refractivity contribution is 6.31. The van der Waals surface area contributed by atoms with E-state index in [2.05, 4.69) is 18.7 Å². The molecule has 0 bridgehead atoms. The molecule has 0 radical (unpaired) electrons. The van der Waals surface area contributed by atoms with Crippen LogP contribution >= 0.6 is 11.6 Å². The van der Waals surface area contributed by atoms with Crippen molar-refractivity contribution in [2.45, 2.75) is 26.8 Å². The van der Waals surface area contributed by atoms with Crippen LogP contribution in [0.2, 0.25) is 5.02 Å². The summed E-state index contributed by atoms with van der Waals surface area (Å²) in [6, 6.07) is 7.69. The average Bonchev–Trinajstić information content (AvgIpc) is 2.28. The van der Waals surface area contributed by atoms with E-state index in [0.717, 1.165) is 17.1 Å². The van der Waals surface area contributed by atoms with Crippen LogP contribution < -0.4 is 0 Å². The highest BCUT2D eigenvalue weighted by atomic mass is 35.5. The Bertz CT molecular complexity index is 393. The summed E-state index contributed by atoms with van der Waals surface area (Å²) in [5.74, 6) is -0.260. The van der Waals surface area contributed by atoms with E-state index in [4.69, 9.17) is 16.7 Å². The summed E-state index contributed by atoms with van der Waals surface area (Å²) in [6.45, 7) is 6.38. The maximum Gasteiger partial charge on any atom is 0.304 e. The minimum absolute atomic E-state index is 0.164. The van der Waals surface area contributed by atoms with Crippen molar-refractivity contribution >= 4 is 17.6 Å². The van der Waals surface area contributed by atoms with Crippen molar-refractivity contribution in [1.82, 2.24) is 4.90 Å². The number of carboxylic acids is 1. The van der Waals surface area contributed by atoms with Gasteiger partial charge in [-0.15, -0.1) is 0 Å². The fourth-order valence-corrected chi connectivity index (χ4v) is 2.07. The van der Waals surface area contributed by atoms with Crippen molar-refractivity contribution in [3.05, 3.63) is 34.9 Å². The maximum absolute atomic E-state index is 10.7. The number of rotatable bonds is 7. The van der Waals surface area contributed by atoms with Gasteiger partial charge in [-0.1, -0.05) is 43.6 Å². The van der Waals surface area contributed by atoms with Gasteiger partial charge in [0.1, 0.15) is 0 Å². The Morgan fingerprint density at radius 1 is 1.39 bits per heavy atom. The van der Waals surface area contributed by atoms with E-state index < -0.39 is 5.97 Å². The normalized spacial score (nSPS) is 11.2. The van der Waals surface area contributed by atoms with Crippen LogP contribution in [0.4, 0.5) is 0 Å². The summed E-state index contributed by atoms with van der Waals surface area (Å²) in [5, 5.41) is 9.50. The van der Waals surface area contributed by atoms with Crippen LogP contribution in [0.3, 0.4) is 0 Å². The second kappa shape index (κ2) is 7.39. The first-order valence-corrected chi connectivity index (χ1v) is 6.54. The maximum atomic E-state index is 10.7. The van der Waals surface area contributed by atoms with Gasteiger partial charge < -0.3 is 5.11 Å². The van der Waals surface area contributed by atoms with E-state index in [0.29, 0.717) is 19.0 Å². The van der Waals surface area contributed by atoms with Gasteiger partial charge in [0.2, 0.25) is 0 Å². The second-order valence-electron chi connectivity index (χ2n) is 4.86. The van der Waals surface area contributed by atoms with Gasteiger partial charge in [-0.25, -0.2) is 0 Å². The van der Waals surface area contributed by atoms with Gasteiger partial charge in [0.15, 0.2) is 0 Å².